The van der Waals surface area contributed by atoms with Gasteiger partial charge in [-0.1, -0.05) is 18.2 Å². The fourth-order valence-electron chi connectivity index (χ4n) is 6.27. The van der Waals surface area contributed by atoms with E-state index in [2.05, 4.69) is 16.8 Å². The van der Waals surface area contributed by atoms with Gasteiger partial charge in [-0.15, -0.1) is 0 Å². The molecule has 0 bridgehead atoms. The van der Waals surface area contributed by atoms with Crippen LogP contribution in [0.5, 0.6) is 0 Å². The van der Waals surface area contributed by atoms with E-state index in [1.54, 1.807) is 0 Å². The minimum Gasteiger partial charge on any atom is -0.339 e. The third-order valence-electron chi connectivity index (χ3n) is 8.79. The highest BCUT2D eigenvalue weighted by Crippen LogP contribution is 2.41. The molecule has 3 heterocycles. The highest BCUT2D eigenvalue weighted by Gasteiger charge is 2.54. The fourth-order valence-corrected chi connectivity index (χ4v) is 6.27. The SMILES string of the molecule is CN1CCN(CCCN2CN(c3ccccc3)C3(CCN(C(=O)c4cc(C(F)(F)F)cc(C(F)(F)F)c4)CC3)C2=O)CC1. The number of alkyl halides is 6. The number of piperazine rings is 1. The van der Waals surface area contributed by atoms with Crippen LogP contribution in [0.3, 0.4) is 0 Å². The van der Waals surface area contributed by atoms with E-state index in [9.17, 15) is 35.9 Å². The van der Waals surface area contributed by atoms with Gasteiger partial charge in [-0.25, -0.2) is 0 Å². The van der Waals surface area contributed by atoms with Crippen molar-refractivity contribution in [2.24, 2.45) is 0 Å². The Morgan fingerprint density at radius 3 is 1.95 bits per heavy atom. The summed E-state index contributed by atoms with van der Waals surface area (Å²) in [5.74, 6) is -0.993. The summed E-state index contributed by atoms with van der Waals surface area (Å²) < 4.78 is 80.3. The summed E-state index contributed by atoms with van der Waals surface area (Å²) in [5.41, 5.74) is -3.87. The van der Waals surface area contributed by atoms with E-state index in [1.165, 1.54) is 4.90 Å². The highest BCUT2D eigenvalue weighted by atomic mass is 19.4. The van der Waals surface area contributed by atoms with Gasteiger partial charge in [-0.05, 0) is 63.2 Å². The minimum absolute atomic E-state index is 0.00915. The number of benzene rings is 2. The molecule has 0 radical (unpaired) electrons. The van der Waals surface area contributed by atoms with Crippen LogP contribution in [0.4, 0.5) is 32.0 Å². The Morgan fingerprint density at radius 1 is 0.814 bits per heavy atom. The highest BCUT2D eigenvalue weighted by molar-refractivity contribution is 5.96. The van der Waals surface area contributed by atoms with Gasteiger partial charge < -0.3 is 24.5 Å². The smallest absolute Gasteiger partial charge is 0.339 e. The summed E-state index contributed by atoms with van der Waals surface area (Å²) in [6.07, 6.45) is -8.90. The Labute approximate surface area is 246 Å². The number of para-hydroxylation sites is 1. The molecule has 3 saturated heterocycles. The number of nitrogens with zero attached hydrogens (tertiary/aromatic N) is 5. The van der Waals surface area contributed by atoms with Gasteiger partial charge in [0.1, 0.15) is 5.54 Å². The van der Waals surface area contributed by atoms with Crippen molar-refractivity contribution >= 4 is 17.5 Å². The number of halogens is 6. The number of hydrogen-bond donors (Lipinski definition) is 0. The quantitative estimate of drug-likeness (QED) is 0.446. The van der Waals surface area contributed by atoms with Crippen molar-refractivity contribution < 1.29 is 35.9 Å². The summed E-state index contributed by atoms with van der Waals surface area (Å²) >= 11 is 0. The van der Waals surface area contributed by atoms with Gasteiger partial charge in [0.05, 0.1) is 17.8 Å². The largest absolute Gasteiger partial charge is 0.416 e. The zero-order valence-corrected chi connectivity index (χ0v) is 23.9. The van der Waals surface area contributed by atoms with Crippen LogP contribution in [0, 0.1) is 0 Å². The van der Waals surface area contributed by atoms with Crippen molar-refractivity contribution in [2.75, 3.05) is 71.0 Å². The molecular formula is C30H35F6N5O2. The zero-order chi connectivity index (χ0) is 31.0. The maximum absolute atomic E-state index is 14.0. The number of amides is 2. The predicted molar refractivity (Wildman–Crippen MR) is 148 cm³/mol. The lowest BCUT2D eigenvalue weighted by Gasteiger charge is -2.43. The molecule has 3 aliphatic rings. The lowest BCUT2D eigenvalue weighted by atomic mass is 9.85. The fraction of sp³-hybridized carbons (Fsp3) is 0.533. The van der Waals surface area contributed by atoms with Gasteiger partial charge in [0.25, 0.3) is 5.91 Å². The van der Waals surface area contributed by atoms with Gasteiger partial charge in [-0.2, -0.15) is 26.3 Å². The first-order valence-corrected chi connectivity index (χ1v) is 14.4. The molecule has 0 saturated carbocycles. The summed E-state index contributed by atoms with van der Waals surface area (Å²) in [6.45, 7) is 5.78. The molecule has 3 aliphatic heterocycles. The average molecular weight is 612 g/mol. The zero-order valence-electron chi connectivity index (χ0n) is 23.9. The van der Waals surface area contributed by atoms with Crippen LogP contribution in [0.25, 0.3) is 0 Å². The van der Waals surface area contributed by atoms with Crippen LogP contribution in [-0.2, 0) is 17.1 Å². The molecular weight excluding hydrogens is 576 g/mol. The molecule has 0 unspecified atom stereocenters. The molecule has 7 nitrogen and oxygen atoms in total. The number of carbonyl (C=O) groups excluding carboxylic acids is 2. The van der Waals surface area contributed by atoms with Crippen molar-refractivity contribution in [1.82, 2.24) is 19.6 Å². The van der Waals surface area contributed by atoms with E-state index in [1.807, 2.05) is 40.1 Å². The Bertz CT molecular complexity index is 1270. The first kappa shape index (κ1) is 31.1. The Balaban J connectivity index is 1.32. The summed E-state index contributed by atoms with van der Waals surface area (Å²) in [5, 5.41) is 0. The number of likely N-dealkylation sites (tertiary alicyclic amines) is 1. The van der Waals surface area contributed by atoms with Crippen molar-refractivity contribution in [3.8, 4) is 0 Å². The Kier molecular flexibility index (Phi) is 8.68. The topological polar surface area (TPSA) is 50.3 Å². The second-order valence-electron chi connectivity index (χ2n) is 11.6. The van der Waals surface area contributed by atoms with Crippen molar-refractivity contribution in [3.05, 3.63) is 65.2 Å². The molecule has 2 amide bonds. The molecule has 0 atom stereocenters. The summed E-state index contributed by atoms with van der Waals surface area (Å²) in [4.78, 5) is 37.0. The maximum Gasteiger partial charge on any atom is 0.416 e. The number of anilines is 1. The van der Waals surface area contributed by atoms with Gasteiger partial charge in [0, 0.05) is 57.1 Å². The second kappa shape index (κ2) is 12.0. The monoisotopic (exact) mass is 611 g/mol. The number of carbonyl (C=O) groups is 2. The number of piperidine rings is 1. The standard InChI is InChI=1S/C30H35F6N5O2/c1-37-14-16-38(17-15-37)10-5-11-40-21-41(25-6-3-2-4-7-25)28(27(40)43)8-12-39(13-9-28)26(42)22-18-23(29(31,32)33)20-24(19-22)30(34,35)36/h2-4,6-7,18-20H,5,8-17,21H2,1H3. The first-order valence-electron chi connectivity index (χ1n) is 14.4. The second-order valence-corrected chi connectivity index (χ2v) is 11.6. The molecule has 234 valence electrons. The van der Waals surface area contributed by atoms with Crippen LogP contribution >= 0.6 is 0 Å². The average Bonchev–Trinajstić information content (AvgIpc) is 3.24. The number of likely N-dealkylation sites (N-methyl/N-ethyl adjacent to an activating group) is 1. The summed E-state index contributed by atoms with van der Waals surface area (Å²) in [7, 11) is 2.09. The van der Waals surface area contributed by atoms with Crippen LogP contribution in [0.1, 0.15) is 40.7 Å². The summed E-state index contributed by atoms with van der Waals surface area (Å²) in [6, 6.07) is 10.3. The van der Waals surface area contributed by atoms with Crippen LogP contribution in [0.15, 0.2) is 48.5 Å². The Hall–Kier alpha value is -3.32. The van der Waals surface area contributed by atoms with Gasteiger partial charge >= 0.3 is 12.4 Å². The number of hydrogen-bond acceptors (Lipinski definition) is 5. The molecule has 13 heteroatoms. The predicted octanol–water partition coefficient (Wildman–Crippen LogP) is 4.64. The van der Waals surface area contributed by atoms with E-state index in [0.29, 0.717) is 25.3 Å². The van der Waals surface area contributed by atoms with Gasteiger partial charge in [-0.3, -0.25) is 9.59 Å². The maximum atomic E-state index is 14.0. The third-order valence-corrected chi connectivity index (χ3v) is 8.79. The Morgan fingerprint density at radius 2 is 1.40 bits per heavy atom. The van der Waals surface area contributed by atoms with E-state index in [-0.39, 0.29) is 37.9 Å². The molecule has 2 aromatic carbocycles. The minimum atomic E-state index is -5.05. The van der Waals surface area contributed by atoms with Crippen LogP contribution in [-0.4, -0.2) is 103 Å². The third kappa shape index (κ3) is 6.62. The number of rotatable bonds is 6. The molecule has 0 aliphatic carbocycles. The van der Waals surface area contributed by atoms with E-state index in [0.717, 1.165) is 44.8 Å². The van der Waals surface area contributed by atoms with Crippen molar-refractivity contribution in [1.29, 1.82) is 0 Å². The van der Waals surface area contributed by atoms with Crippen LogP contribution < -0.4 is 4.90 Å². The molecule has 1 spiro atoms. The molecule has 5 rings (SSSR count). The van der Waals surface area contributed by atoms with Gasteiger partial charge in [0.15, 0.2) is 0 Å². The first-order chi connectivity index (χ1) is 20.3. The lowest BCUT2D eigenvalue weighted by molar-refractivity contribution is -0.143. The lowest BCUT2D eigenvalue weighted by Crippen LogP contribution is -2.57. The molecule has 0 N–H and O–H groups in total. The molecule has 43 heavy (non-hydrogen) atoms. The molecule has 0 aromatic heterocycles. The van der Waals surface area contributed by atoms with Crippen LogP contribution in [0.2, 0.25) is 0 Å². The van der Waals surface area contributed by atoms with E-state index < -0.39 is 40.5 Å². The van der Waals surface area contributed by atoms with Gasteiger partial charge in [0.2, 0.25) is 5.91 Å². The molecule has 2 aromatic rings. The molecule has 3 fully saturated rings. The van der Waals surface area contributed by atoms with Crippen molar-refractivity contribution in [2.45, 2.75) is 37.2 Å². The van der Waals surface area contributed by atoms with E-state index in [4.69, 9.17) is 0 Å². The van der Waals surface area contributed by atoms with E-state index >= 15 is 0 Å². The van der Waals surface area contributed by atoms with Crippen molar-refractivity contribution in [3.63, 3.8) is 0 Å². The normalized spacial score (nSPS) is 20.3.